The van der Waals surface area contributed by atoms with E-state index in [0.29, 0.717) is 5.88 Å². The van der Waals surface area contributed by atoms with Crippen molar-refractivity contribution in [2.75, 3.05) is 13.7 Å². The van der Waals surface area contributed by atoms with Gasteiger partial charge in [0.1, 0.15) is 0 Å². The summed E-state index contributed by atoms with van der Waals surface area (Å²) in [6.45, 7) is 3.88. The summed E-state index contributed by atoms with van der Waals surface area (Å²) in [5, 5.41) is 9.20. The Labute approximate surface area is 102 Å². The van der Waals surface area contributed by atoms with Gasteiger partial charge in [0.05, 0.1) is 7.11 Å². The molecule has 1 aromatic heterocycles. The van der Waals surface area contributed by atoms with Crippen LogP contribution >= 0.6 is 12.4 Å². The van der Waals surface area contributed by atoms with Crippen LogP contribution in [0.1, 0.15) is 25.5 Å². The van der Waals surface area contributed by atoms with Crippen molar-refractivity contribution in [3.05, 3.63) is 23.9 Å². The molecule has 0 fully saturated rings. The minimum Gasteiger partial charge on any atom is -0.481 e. The number of rotatable bonds is 4. The molecule has 0 aliphatic carbocycles. The number of hydrogen-bond acceptors (Lipinski definition) is 4. The second-order valence-corrected chi connectivity index (χ2v) is 4.26. The average molecular weight is 247 g/mol. The lowest BCUT2D eigenvalue weighted by Crippen LogP contribution is -2.32. The van der Waals surface area contributed by atoms with Crippen molar-refractivity contribution in [2.24, 2.45) is 11.1 Å². The Hall–Kier alpha value is -0.840. The van der Waals surface area contributed by atoms with E-state index in [-0.39, 0.29) is 30.5 Å². The minimum absolute atomic E-state index is 0. The zero-order valence-electron chi connectivity index (χ0n) is 9.80. The van der Waals surface area contributed by atoms with Crippen molar-refractivity contribution < 1.29 is 9.84 Å². The van der Waals surface area contributed by atoms with Gasteiger partial charge in [0.15, 0.2) is 0 Å². The molecular weight excluding hydrogens is 228 g/mol. The van der Waals surface area contributed by atoms with Crippen molar-refractivity contribution in [2.45, 2.75) is 19.9 Å². The number of methoxy groups -OCH3 is 1. The highest BCUT2D eigenvalue weighted by Gasteiger charge is 2.27. The highest BCUT2D eigenvalue weighted by molar-refractivity contribution is 5.85. The molecule has 1 rings (SSSR count). The molecule has 0 radical (unpaired) electrons. The Morgan fingerprint density at radius 3 is 2.50 bits per heavy atom. The first-order valence-corrected chi connectivity index (χ1v) is 4.87. The van der Waals surface area contributed by atoms with Gasteiger partial charge >= 0.3 is 0 Å². The Morgan fingerprint density at radius 2 is 2.12 bits per heavy atom. The van der Waals surface area contributed by atoms with E-state index in [0.717, 1.165) is 5.56 Å². The maximum atomic E-state index is 9.20. The minimum atomic E-state index is -0.351. The first kappa shape index (κ1) is 15.2. The molecule has 92 valence electrons. The monoisotopic (exact) mass is 246 g/mol. The number of halogens is 1. The second kappa shape index (κ2) is 6.03. The third-order valence-electron chi connectivity index (χ3n) is 2.58. The maximum Gasteiger partial charge on any atom is 0.212 e. The van der Waals surface area contributed by atoms with E-state index in [1.54, 1.807) is 19.4 Å². The number of aromatic nitrogens is 1. The van der Waals surface area contributed by atoms with Gasteiger partial charge in [-0.3, -0.25) is 0 Å². The van der Waals surface area contributed by atoms with Crippen LogP contribution < -0.4 is 10.5 Å². The molecule has 0 bridgehead atoms. The molecule has 0 aliphatic rings. The molecule has 1 aromatic rings. The molecule has 4 nitrogen and oxygen atoms in total. The zero-order chi connectivity index (χ0) is 11.5. The molecule has 0 amide bonds. The Bertz CT molecular complexity index is 314. The number of hydrogen-bond donors (Lipinski definition) is 2. The molecular formula is C11H19ClN2O2. The summed E-state index contributed by atoms with van der Waals surface area (Å²) < 4.78 is 4.96. The molecule has 0 saturated carbocycles. The molecule has 0 unspecified atom stereocenters. The third-order valence-corrected chi connectivity index (χ3v) is 2.58. The van der Waals surface area contributed by atoms with Gasteiger partial charge in [-0.05, 0) is 5.56 Å². The number of pyridine rings is 1. The number of nitrogens with zero attached hydrogens (tertiary/aromatic N) is 1. The number of aliphatic hydroxyl groups excluding tert-OH is 1. The van der Waals surface area contributed by atoms with Crippen LogP contribution in [0.5, 0.6) is 5.88 Å². The normalized spacial score (nSPS) is 12.8. The summed E-state index contributed by atoms with van der Waals surface area (Å²) in [4.78, 5) is 4.08. The van der Waals surface area contributed by atoms with Crippen LogP contribution in [0.3, 0.4) is 0 Å². The number of nitrogens with two attached hydrogens (primary N) is 1. The van der Waals surface area contributed by atoms with E-state index in [9.17, 15) is 5.11 Å². The van der Waals surface area contributed by atoms with Gasteiger partial charge in [-0.1, -0.05) is 19.9 Å². The van der Waals surface area contributed by atoms with Crippen molar-refractivity contribution in [1.29, 1.82) is 0 Å². The second-order valence-electron chi connectivity index (χ2n) is 4.26. The van der Waals surface area contributed by atoms with E-state index >= 15 is 0 Å². The van der Waals surface area contributed by atoms with Crippen LogP contribution in [0.4, 0.5) is 0 Å². The summed E-state index contributed by atoms with van der Waals surface area (Å²) in [5.74, 6) is 0.563. The summed E-state index contributed by atoms with van der Waals surface area (Å²) in [6.07, 6.45) is 1.68. The van der Waals surface area contributed by atoms with Crippen LogP contribution in [0.2, 0.25) is 0 Å². The number of ether oxygens (including phenoxy) is 1. The highest BCUT2D eigenvalue weighted by atomic mass is 35.5. The van der Waals surface area contributed by atoms with Gasteiger partial charge in [0, 0.05) is 30.3 Å². The van der Waals surface area contributed by atoms with Crippen molar-refractivity contribution >= 4 is 12.4 Å². The predicted molar refractivity (Wildman–Crippen MR) is 65.8 cm³/mol. The van der Waals surface area contributed by atoms with Gasteiger partial charge in [-0.25, -0.2) is 4.98 Å². The molecule has 16 heavy (non-hydrogen) atoms. The summed E-state index contributed by atoms with van der Waals surface area (Å²) in [5.41, 5.74) is 6.58. The van der Waals surface area contributed by atoms with E-state index in [4.69, 9.17) is 10.5 Å². The molecule has 1 heterocycles. The van der Waals surface area contributed by atoms with Crippen LogP contribution in [0, 0.1) is 5.41 Å². The van der Waals surface area contributed by atoms with E-state index < -0.39 is 0 Å². The SMILES string of the molecule is COc1ccc([C@@H](N)C(C)(C)CO)cn1.Cl. The lowest BCUT2D eigenvalue weighted by Gasteiger charge is -2.29. The van der Waals surface area contributed by atoms with Crippen molar-refractivity contribution in [3.63, 3.8) is 0 Å². The lowest BCUT2D eigenvalue weighted by atomic mass is 9.82. The van der Waals surface area contributed by atoms with Crippen LogP contribution in [-0.4, -0.2) is 23.8 Å². The zero-order valence-corrected chi connectivity index (χ0v) is 10.6. The Kier molecular flexibility index (Phi) is 5.72. The topological polar surface area (TPSA) is 68.4 Å². The fraction of sp³-hybridized carbons (Fsp3) is 0.545. The molecule has 0 saturated heterocycles. The predicted octanol–water partition coefficient (Wildman–Crippen LogP) is 1.53. The molecule has 0 aliphatic heterocycles. The number of aliphatic hydroxyl groups is 1. The van der Waals surface area contributed by atoms with Crippen LogP contribution in [0.25, 0.3) is 0 Å². The third kappa shape index (κ3) is 3.33. The van der Waals surface area contributed by atoms with E-state index in [1.807, 2.05) is 19.9 Å². The molecule has 5 heteroatoms. The van der Waals surface area contributed by atoms with Gasteiger partial charge in [0.25, 0.3) is 0 Å². The van der Waals surface area contributed by atoms with Crippen LogP contribution in [0.15, 0.2) is 18.3 Å². The van der Waals surface area contributed by atoms with Gasteiger partial charge in [-0.2, -0.15) is 0 Å². The fourth-order valence-electron chi connectivity index (χ4n) is 1.25. The average Bonchev–Trinajstić information content (AvgIpc) is 2.28. The van der Waals surface area contributed by atoms with E-state index in [1.165, 1.54) is 0 Å². The first-order chi connectivity index (χ1) is 7.01. The van der Waals surface area contributed by atoms with Gasteiger partial charge < -0.3 is 15.6 Å². The van der Waals surface area contributed by atoms with Crippen molar-refractivity contribution in [3.8, 4) is 5.88 Å². The molecule has 0 spiro atoms. The smallest absolute Gasteiger partial charge is 0.212 e. The Balaban J connectivity index is 0.00000225. The largest absolute Gasteiger partial charge is 0.481 e. The van der Waals surface area contributed by atoms with Crippen LogP contribution in [-0.2, 0) is 0 Å². The fourth-order valence-corrected chi connectivity index (χ4v) is 1.25. The standard InChI is InChI=1S/C11H18N2O2.ClH/c1-11(2,7-14)10(12)8-4-5-9(15-3)13-6-8;/h4-6,10,14H,7,12H2,1-3H3;1H/t10-;/m1./s1. The highest BCUT2D eigenvalue weighted by Crippen LogP contribution is 2.30. The maximum absolute atomic E-state index is 9.20. The lowest BCUT2D eigenvalue weighted by molar-refractivity contribution is 0.132. The quantitative estimate of drug-likeness (QED) is 0.846. The summed E-state index contributed by atoms with van der Waals surface area (Å²) in [7, 11) is 1.57. The molecule has 1 atom stereocenters. The first-order valence-electron chi connectivity index (χ1n) is 4.87. The Morgan fingerprint density at radius 1 is 1.50 bits per heavy atom. The van der Waals surface area contributed by atoms with Gasteiger partial charge in [0.2, 0.25) is 5.88 Å². The van der Waals surface area contributed by atoms with Gasteiger partial charge in [-0.15, -0.1) is 12.4 Å². The summed E-state index contributed by atoms with van der Waals surface area (Å²) >= 11 is 0. The van der Waals surface area contributed by atoms with E-state index in [2.05, 4.69) is 4.98 Å². The molecule has 3 N–H and O–H groups in total. The van der Waals surface area contributed by atoms with Crippen molar-refractivity contribution in [1.82, 2.24) is 4.98 Å². The molecule has 0 aromatic carbocycles. The summed E-state index contributed by atoms with van der Waals surface area (Å²) in [6, 6.07) is 3.40.